The number of hydrogen-bond donors (Lipinski definition) is 1. The Morgan fingerprint density at radius 3 is 2.49 bits per heavy atom. The van der Waals surface area contributed by atoms with Crippen molar-refractivity contribution < 1.29 is 33.4 Å². The van der Waals surface area contributed by atoms with Crippen LogP contribution in [0.25, 0.3) is 0 Å². The molecule has 0 saturated heterocycles. The second-order valence-electron chi connectivity index (χ2n) is 13.4. The van der Waals surface area contributed by atoms with Crippen LogP contribution in [0.4, 0.5) is 4.79 Å². The van der Waals surface area contributed by atoms with E-state index in [9.17, 15) is 19.2 Å². The zero-order chi connectivity index (χ0) is 28.7. The van der Waals surface area contributed by atoms with Gasteiger partial charge in [0.15, 0.2) is 5.78 Å². The van der Waals surface area contributed by atoms with Gasteiger partial charge >= 0.3 is 18.0 Å². The van der Waals surface area contributed by atoms with Crippen molar-refractivity contribution >= 4 is 23.8 Å². The summed E-state index contributed by atoms with van der Waals surface area (Å²) in [5.41, 5.74) is -0.853. The van der Waals surface area contributed by atoms with Gasteiger partial charge in [-0.3, -0.25) is 14.4 Å². The summed E-state index contributed by atoms with van der Waals surface area (Å²) >= 11 is 0. The standard InChI is InChI=1S/C31H49NO7/c1-8-38-29(36)32-27-26-25(23(39-19(4)33)16-20-15-17(2)13-14-30(20,26)5)22-11-10-21(31(22,6)28(27)35)18(3)9-12-24(34)37-7/h17-18,20-23,25-27H,8-16H2,1-7H3,(H,32,36)/t17-,18-,20+,21?,22?,23-,25?,26?,27+,30+,31-/m1/s1. The van der Waals surface area contributed by atoms with E-state index in [2.05, 4.69) is 33.0 Å². The van der Waals surface area contributed by atoms with E-state index in [1.165, 1.54) is 14.0 Å². The molecule has 4 aliphatic carbocycles. The van der Waals surface area contributed by atoms with Crippen LogP contribution in [0, 0.1) is 52.3 Å². The fraction of sp³-hybridized carbons (Fsp3) is 0.871. The highest BCUT2D eigenvalue weighted by molar-refractivity contribution is 5.94. The largest absolute Gasteiger partial charge is 0.469 e. The molecule has 0 bridgehead atoms. The van der Waals surface area contributed by atoms with Crippen molar-refractivity contribution in [3.8, 4) is 0 Å². The second kappa shape index (κ2) is 11.4. The van der Waals surface area contributed by atoms with Crippen LogP contribution in [0.5, 0.6) is 0 Å². The lowest BCUT2D eigenvalue weighted by atomic mass is 9.41. The predicted molar refractivity (Wildman–Crippen MR) is 145 cm³/mol. The number of amides is 1. The Morgan fingerprint density at radius 2 is 1.85 bits per heavy atom. The molecule has 39 heavy (non-hydrogen) atoms. The molecule has 0 heterocycles. The van der Waals surface area contributed by atoms with Gasteiger partial charge in [0.2, 0.25) is 0 Å². The zero-order valence-corrected chi connectivity index (χ0v) is 24.9. The number of hydrogen-bond acceptors (Lipinski definition) is 7. The van der Waals surface area contributed by atoms with Crippen molar-refractivity contribution in [1.82, 2.24) is 5.32 Å². The van der Waals surface area contributed by atoms with Gasteiger partial charge in [-0.2, -0.15) is 0 Å². The number of ketones is 1. The molecule has 4 saturated carbocycles. The van der Waals surface area contributed by atoms with Crippen LogP contribution in [0.3, 0.4) is 0 Å². The summed E-state index contributed by atoms with van der Waals surface area (Å²) in [6, 6.07) is -0.706. The normalized spacial score (nSPS) is 41.9. The highest BCUT2D eigenvalue weighted by Gasteiger charge is 2.70. The molecule has 4 unspecified atom stereocenters. The number of carbonyl (C=O) groups is 4. The molecule has 0 aromatic rings. The highest BCUT2D eigenvalue weighted by atomic mass is 16.6. The van der Waals surface area contributed by atoms with Crippen molar-refractivity contribution in [3.63, 3.8) is 0 Å². The summed E-state index contributed by atoms with van der Waals surface area (Å²) in [5, 5.41) is 3.04. The molecule has 4 fully saturated rings. The van der Waals surface area contributed by atoms with Crippen LogP contribution in [0.15, 0.2) is 0 Å². The molecular weight excluding hydrogens is 498 g/mol. The van der Waals surface area contributed by atoms with Gasteiger partial charge in [-0.15, -0.1) is 0 Å². The van der Waals surface area contributed by atoms with Crippen molar-refractivity contribution in [1.29, 1.82) is 0 Å². The third kappa shape index (κ3) is 5.21. The monoisotopic (exact) mass is 547 g/mol. The summed E-state index contributed by atoms with van der Waals surface area (Å²) in [6.45, 7) is 12.2. The van der Waals surface area contributed by atoms with Gasteiger partial charge in [0.05, 0.1) is 19.8 Å². The molecule has 0 aliphatic heterocycles. The molecule has 0 spiro atoms. The van der Waals surface area contributed by atoms with E-state index >= 15 is 0 Å². The van der Waals surface area contributed by atoms with E-state index in [1.54, 1.807) is 6.92 Å². The van der Waals surface area contributed by atoms with Crippen molar-refractivity contribution in [2.45, 2.75) is 105 Å². The van der Waals surface area contributed by atoms with Gasteiger partial charge in [-0.1, -0.05) is 34.1 Å². The van der Waals surface area contributed by atoms with Crippen molar-refractivity contribution in [2.75, 3.05) is 13.7 Å². The predicted octanol–water partition coefficient (Wildman–Crippen LogP) is 5.32. The number of rotatable bonds is 7. The maximum Gasteiger partial charge on any atom is 0.407 e. The number of Topliss-reactive ketones (excluding diaryl/α,β-unsaturated/α-hetero) is 1. The maximum absolute atomic E-state index is 14.8. The first-order valence-corrected chi connectivity index (χ1v) is 15.1. The van der Waals surface area contributed by atoms with Crippen molar-refractivity contribution in [2.24, 2.45) is 52.3 Å². The van der Waals surface area contributed by atoms with E-state index in [0.29, 0.717) is 24.7 Å². The number of carbonyl (C=O) groups excluding carboxylic acids is 4. The molecule has 8 nitrogen and oxygen atoms in total. The number of fused-ring (bicyclic) bond motifs is 5. The molecule has 1 N–H and O–H groups in total. The van der Waals surface area contributed by atoms with E-state index in [-0.39, 0.29) is 65.4 Å². The highest BCUT2D eigenvalue weighted by Crippen LogP contribution is 2.68. The van der Waals surface area contributed by atoms with Gasteiger partial charge in [-0.25, -0.2) is 4.79 Å². The smallest absolute Gasteiger partial charge is 0.407 e. The van der Waals surface area contributed by atoms with Gasteiger partial charge in [0, 0.05) is 24.7 Å². The number of methoxy groups -OCH3 is 1. The van der Waals surface area contributed by atoms with Gasteiger partial charge in [0.25, 0.3) is 0 Å². The lowest BCUT2D eigenvalue weighted by molar-refractivity contribution is -0.198. The topological polar surface area (TPSA) is 108 Å². The second-order valence-corrected chi connectivity index (χ2v) is 13.4. The maximum atomic E-state index is 14.8. The molecular formula is C31H49NO7. The summed E-state index contributed by atoms with van der Waals surface area (Å²) in [5.74, 6) is 0.491. The van der Waals surface area contributed by atoms with Crippen LogP contribution in [0.1, 0.15) is 92.9 Å². The zero-order valence-electron chi connectivity index (χ0n) is 24.9. The Hall–Kier alpha value is -2.12. The minimum Gasteiger partial charge on any atom is -0.469 e. The van der Waals surface area contributed by atoms with Crippen molar-refractivity contribution in [3.05, 3.63) is 0 Å². The molecule has 8 heteroatoms. The lowest BCUT2D eigenvalue weighted by Crippen LogP contribution is -2.70. The average molecular weight is 548 g/mol. The minimum absolute atomic E-state index is 0.0315. The van der Waals surface area contributed by atoms with E-state index in [0.717, 1.165) is 38.5 Å². The molecule has 4 rings (SSSR count). The third-order valence-electron chi connectivity index (χ3n) is 11.5. The summed E-state index contributed by atoms with van der Waals surface area (Å²) < 4.78 is 16.3. The molecule has 0 aromatic heterocycles. The van der Waals surface area contributed by atoms with E-state index < -0.39 is 17.6 Å². The first-order valence-electron chi connectivity index (χ1n) is 15.1. The fourth-order valence-corrected chi connectivity index (χ4v) is 9.67. The Balaban J connectivity index is 1.79. The molecule has 4 aliphatic rings. The van der Waals surface area contributed by atoms with E-state index in [1.807, 2.05) is 0 Å². The van der Waals surface area contributed by atoms with Crippen LogP contribution in [-0.2, 0) is 28.6 Å². The molecule has 1 amide bonds. The number of esters is 2. The minimum atomic E-state index is -0.706. The van der Waals surface area contributed by atoms with Crippen LogP contribution in [-0.4, -0.2) is 49.7 Å². The first kappa shape index (κ1) is 29.9. The molecule has 0 aromatic carbocycles. The molecule has 220 valence electrons. The summed E-state index contributed by atoms with van der Waals surface area (Å²) in [4.78, 5) is 52.0. The number of alkyl carbamates (subject to hydrolysis) is 1. The average Bonchev–Trinajstić information content (AvgIpc) is 3.23. The Morgan fingerprint density at radius 1 is 1.13 bits per heavy atom. The van der Waals surface area contributed by atoms with Crippen LogP contribution in [0.2, 0.25) is 0 Å². The van der Waals surface area contributed by atoms with Gasteiger partial charge in [-0.05, 0) is 86.4 Å². The Kier molecular flexibility index (Phi) is 8.73. The van der Waals surface area contributed by atoms with Crippen LogP contribution < -0.4 is 5.32 Å². The third-order valence-corrected chi connectivity index (χ3v) is 11.5. The van der Waals surface area contributed by atoms with Crippen LogP contribution >= 0.6 is 0 Å². The quantitative estimate of drug-likeness (QED) is 0.340. The lowest BCUT2D eigenvalue weighted by Gasteiger charge is -2.64. The summed E-state index contributed by atoms with van der Waals surface area (Å²) in [6.07, 6.45) is 5.76. The fourth-order valence-electron chi connectivity index (χ4n) is 9.67. The van der Waals surface area contributed by atoms with Gasteiger partial charge in [0.1, 0.15) is 6.10 Å². The Labute approximate surface area is 233 Å². The first-order chi connectivity index (χ1) is 18.4. The number of nitrogens with one attached hydrogen (secondary N) is 1. The molecule has 0 radical (unpaired) electrons. The molecule has 11 atom stereocenters. The Bertz CT molecular complexity index is 967. The van der Waals surface area contributed by atoms with Gasteiger partial charge < -0.3 is 19.5 Å². The number of ether oxygens (including phenoxy) is 3. The SMILES string of the molecule is CCOC(=O)N[C@@H]1C(=O)[C@@]2(C)C(CCC2[C@H](C)CCC(=O)OC)C2C1[C@@]1(C)CC[C@@H](C)C[C@H]1C[C@H]2OC(C)=O. The summed E-state index contributed by atoms with van der Waals surface area (Å²) in [7, 11) is 1.40. The van der Waals surface area contributed by atoms with E-state index in [4.69, 9.17) is 14.2 Å².